The predicted molar refractivity (Wildman–Crippen MR) is 79.0 cm³/mol. The van der Waals surface area contributed by atoms with E-state index in [2.05, 4.69) is 23.3 Å². The lowest BCUT2D eigenvalue weighted by molar-refractivity contribution is 0.395. The average Bonchev–Trinajstić information content (AvgIpc) is 2.53. The molecule has 20 heavy (non-hydrogen) atoms. The second-order valence-corrected chi connectivity index (χ2v) is 4.57. The van der Waals surface area contributed by atoms with Crippen LogP contribution in [0.3, 0.4) is 0 Å². The van der Waals surface area contributed by atoms with Gasteiger partial charge >= 0.3 is 0 Å². The number of nitrogens with zero attached hydrogens (tertiary/aromatic N) is 1. The van der Waals surface area contributed by atoms with Gasteiger partial charge in [-0.25, -0.2) is 0 Å². The Hall–Kier alpha value is -2.07. The predicted octanol–water partition coefficient (Wildman–Crippen LogP) is 2.95. The van der Waals surface area contributed by atoms with Gasteiger partial charge in [0.15, 0.2) is 0 Å². The highest BCUT2D eigenvalue weighted by atomic mass is 16.5. The minimum atomic E-state index is 0.222. The highest BCUT2D eigenvalue weighted by molar-refractivity contribution is 5.40. The molecule has 0 aliphatic rings. The van der Waals surface area contributed by atoms with Crippen LogP contribution in [-0.4, -0.2) is 19.2 Å². The van der Waals surface area contributed by atoms with Crippen LogP contribution in [0.2, 0.25) is 0 Å². The Kier molecular flexibility index (Phi) is 4.96. The molecule has 0 saturated carbocycles. The first kappa shape index (κ1) is 14.3. The van der Waals surface area contributed by atoms with Crippen molar-refractivity contribution in [2.75, 3.05) is 14.2 Å². The molecule has 0 aliphatic heterocycles. The smallest absolute Gasteiger partial charge is 0.123 e. The van der Waals surface area contributed by atoms with Crippen molar-refractivity contribution >= 4 is 0 Å². The molecule has 1 unspecified atom stereocenters. The first-order chi connectivity index (χ1) is 9.74. The molecule has 1 aromatic heterocycles. The summed E-state index contributed by atoms with van der Waals surface area (Å²) in [6.45, 7) is 2.82. The molecule has 1 atom stereocenters. The maximum absolute atomic E-state index is 5.37. The Morgan fingerprint density at radius 1 is 1.20 bits per heavy atom. The molecular formula is C16H20N2O2. The summed E-state index contributed by atoms with van der Waals surface area (Å²) in [5, 5.41) is 3.47. The van der Waals surface area contributed by atoms with E-state index in [1.165, 1.54) is 0 Å². The van der Waals surface area contributed by atoms with E-state index in [0.717, 1.165) is 22.6 Å². The van der Waals surface area contributed by atoms with E-state index in [1.54, 1.807) is 20.4 Å². The standard InChI is InChI=1S/C16H20N2O2/c1-12(13-5-4-8-17-10-13)18-11-14-9-15(19-2)6-7-16(14)20-3/h4-10,12,18H,11H2,1-3H3. The number of benzene rings is 1. The monoisotopic (exact) mass is 272 g/mol. The third-order valence-electron chi connectivity index (χ3n) is 3.27. The fourth-order valence-electron chi connectivity index (χ4n) is 2.03. The van der Waals surface area contributed by atoms with Gasteiger partial charge in [-0.05, 0) is 36.8 Å². The number of pyridine rings is 1. The third-order valence-corrected chi connectivity index (χ3v) is 3.27. The molecule has 2 aromatic rings. The van der Waals surface area contributed by atoms with Gasteiger partial charge in [0.1, 0.15) is 11.5 Å². The first-order valence-electron chi connectivity index (χ1n) is 6.59. The van der Waals surface area contributed by atoms with Crippen LogP contribution in [0.1, 0.15) is 24.1 Å². The van der Waals surface area contributed by atoms with Crippen LogP contribution in [0, 0.1) is 0 Å². The molecule has 4 nitrogen and oxygen atoms in total. The third kappa shape index (κ3) is 3.48. The van der Waals surface area contributed by atoms with Crippen molar-refractivity contribution < 1.29 is 9.47 Å². The zero-order valence-corrected chi connectivity index (χ0v) is 12.1. The molecular weight excluding hydrogens is 252 g/mol. The molecule has 0 amide bonds. The zero-order chi connectivity index (χ0) is 14.4. The Labute approximate surface area is 119 Å². The van der Waals surface area contributed by atoms with Crippen molar-refractivity contribution in [1.29, 1.82) is 0 Å². The molecule has 0 bridgehead atoms. The number of aromatic nitrogens is 1. The summed E-state index contributed by atoms with van der Waals surface area (Å²) in [4.78, 5) is 4.14. The topological polar surface area (TPSA) is 43.4 Å². The molecule has 0 radical (unpaired) electrons. The van der Waals surface area contributed by atoms with Crippen LogP contribution < -0.4 is 14.8 Å². The van der Waals surface area contributed by atoms with Crippen LogP contribution in [-0.2, 0) is 6.54 Å². The van der Waals surface area contributed by atoms with E-state index in [-0.39, 0.29) is 6.04 Å². The van der Waals surface area contributed by atoms with Gasteiger partial charge in [0.25, 0.3) is 0 Å². The molecule has 0 aliphatic carbocycles. The lowest BCUT2D eigenvalue weighted by Gasteiger charge is -2.16. The van der Waals surface area contributed by atoms with E-state index in [1.807, 2.05) is 30.5 Å². The Balaban J connectivity index is 2.06. The molecule has 0 saturated heterocycles. The Morgan fingerprint density at radius 3 is 2.70 bits per heavy atom. The van der Waals surface area contributed by atoms with Gasteiger partial charge in [-0.15, -0.1) is 0 Å². The minimum Gasteiger partial charge on any atom is -0.497 e. The molecule has 1 aromatic carbocycles. The van der Waals surface area contributed by atoms with Crippen molar-refractivity contribution in [3.05, 3.63) is 53.9 Å². The van der Waals surface area contributed by atoms with Crippen molar-refractivity contribution in [3.63, 3.8) is 0 Å². The van der Waals surface area contributed by atoms with Gasteiger partial charge in [0.05, 0.1) is 14.2 Å². The van der Waals surface area contributed by atoms with Gasteiger partial charge in [0.2, 0.25) is 0 Å². The highest BCUT2D eigenvalue weighted by Crippen LogP contribution is 2.24. The van der Waals surface area contributed by atoms with E-state index < -0.39 is 0 Å². The number of hydrogen-bond donors (Lipinski definition) is 1. The van der Waals surface area contributed by atoms with Crippen LogP contribution in [0.5, 0.6) is 11.5 Å². The minimum absolute atomic E-state index is 0.222. The normalized spacial score (nSPS) is 11.9. The summed E-state index contributed by atoms with van der Waals surface area (Å²) in [5.74, 6) is 1.69. The maximum atomic E-state index is 5.37. The lowest BCUT2D eigenvalue weighted by atomic mass is 10.1. The fraction of sp³-hybridized carbons (Fsp3) is 0.312. The summed E-state index contributed by atoms with van der Waals surface area (Å²) >= 11 is 0. The summed E-state index contributed by atoms with van der Waals surface area (Å²) in [6.07, 6.45) is 3.65. The van der Waals surface area contributed by atoms with E-state index >= 15 is 0 Å². The lowest BCUT2D eigenvalue weighted by Crippen LogP contribution is -2.18. The summed E-state index contributed by atoms with van der Waals surface area (Å²) in [5.41, 5.74) is 2.23. The van der Waals surface area contributed by atoms with E-state index in [0.29, 0.717) is 6.54 Å². The van der Waals surface area contributed by atoms with Gasteiger partial charge in [-0.1, -0.05) is 6.07 Å². The summed E-state index contributed by atoms with van der Waals surface area (Å²) < 4.78 is 10.6. The van der Waals surface area contributed by atoms with Crippen LogP contribution in [0.25, 0.3) is 0 Å². The molecule has 1 N–H and O–H groups in total. The number of nitrogens with one attached hydrogen (secondary N) is 1. The number of rotatable bonds is 6. The molecule has 4 heteroatoms. The van der Waals surface area contributed by atoms with Crippen molar-refractivity contribution in [1.82, 2.24) is 10.3 Å². The average molecular weight is 272 g/mol. The summed E-state index contributed by atoms with van der Waals surface area (Å²) in [6, 6.07) is 10.0. The molecule has 0 spiro atoms. The SMILES string of the molecule is COc1ccc(OC)c(CNC(C)c2cccnc2)c1. The van der Waals surface area contributed by atoms with Crippen LogP contribution in [0.15, 0.2) is 42.7 Å². The second-order valence-electron chi connectivity index (χ2n) is 4.57. The summed E-state index contributed by atoms with van der Waals surface area (Å²) in [7, 11) is 3.34. The van der Waals surface area contributed by atoms with Crippen LogP contribution >= 0.6 is 0 Å². The quantitative estimate of drug-likeness (QED) is 0.878. The fourth-order valence-corrected chi connectivity index (χ4v) is 2.03. The molecule has 2 rings (SSSR count). The van der Waals surface area contributed by atoms with Crippen molar-refractivity contribution in [3.8, 4) is 11.5 Å². The van der Waals surface area contributed by atoms with Gasteiger partial charge in [0, 0.05) is 30.5 Å². The zero-order valence-electron chi connectivity index (χ0n) is 12.1. The van der Waals surface area contributed by atoms with Gasteiger partial charge in [-0.2, -0.15) is 0 Å². The van der Waals surface area contributed by atoms with Gasteiger partial charge in [-0.3, -0.25) is 4.98 Å². The number of methoxy groups -OCH3 is 2. The molecule has 106 valence electrons. The Bertz CT molecular complexity index is 543. The highest BCUT2D eigenvalue weighted by Gasteiger charge is 2.08. The largest absolute Gasteiger partial charge is 0.497 e. The van der Waals surface area contributed by atoms with Crippen LogP contribution in [0.4, 0.5) is 0 Å². The first-order valence-corrected chi connectivity index (χ1v) is 6.59. The van der Waals surface area contributed by atoms with E-state index in [9.17, 15) is 0 Å². The van der Waals surface area contributed by atoms with Crippen molar-refractivity contribution in [2.24, 2.45) is 0 Å². The Morgan fingerprint density at radius 2 is 2.05 bits per heavy atom. The number of hydrogen-bond acceptors (Lipinski definition) is 4. The van der Waals surface area contributed by atoms with E-state index in [4.69, 9.17) is 9.47 Å². The number of ether oxygens (including phenoxy) is 2. The molecule has 0 fully saturated rings. The second kappa shape index (κ2) is 6.91. The van der Waals surface area contributed by atoms with Crippen molar-refractivity contribution in [2.45, 2.75) is 19.5 Å². The maximum Gasteiger partial charge on any atom is 0.123 e. The van der Waals surface area contributed by atoms with Gasteiger partial charge < -0.3 is 14.8 Å². The molecule has 1 heterocycles.